The van der Waals surface area contributed by atoms with Crippen molar-refractivity contribution in [3.05, 3.63) is 23.5 Å². The lowest BCUT2D eigenvalue weighted by molar-refractivity contribution is 0.321. The smallest absolute Gasteiger partial charge is 0.177 e. The van der Waals surface area contributed by atoms with Crippen molar-refractivity contribution in [3.8, 4) is 11.5 Å². The summed E-state index contributed by atoms with van der Waals surface area (Å²) in [6.45, 7) is 0. The monoisotopic (exact) mass is 199 g/mol. The first-order chi connectivity index (χ1) is 6.74. The molecule has 4 nitrogen and oxygen atoms in total. The highest BCUT2D eigenvalue weighted by molar-refractivity contribution is 5.84. The fourth-order valence-corrected chi connectivity index (χ4v) is 1.07. The van der Waals surface area contributed by atoms with E-state index >= 15 is 0 Å². The molecule has 0 heterocycles. The van der Waals surface area contributed by atoms with E-state index in [0.717, 1.165) is 6.21 Å². The maximum Gasteiger partial charge on any atom is 0.177 e. The lowest BCUT2D eigenvalue weighted by Gasteiger charge is -2.08. The van der Waals surface area contributed by atoms with Crippen molar-refractivity contribution < 1.29 is 19.1 Å². The third-order valence-electron chi connectivity index (χ3n) is 1.73. The molecule has 0 aliphatic heterocycles. The van der Waals surface area contributed by atoms with Gasteiger partial charge < -0.3 is 14.7 Å². The Kier molecular flexibility index (Phi) is 3.28. The molecule has 14 heavy (non-hydrogen) atoms. The molecule has 0 atom stereocenters. The Labute approximate surface area is 80.6 Å². The number of benzene rings is 1. The van der Waals surface area contributed by atoms with Crippen LogP contribution in [0, 0.1) is 5.82 Å². The summed E-state index contributed by atoms with van der Waals surface area (Å²) >= 11 is 0. The summed E-state index contributed by atoms with van der Waals surface area (Å²) in [5.74, 6) is -0.272. The third kappa shape index (κ3) is 1.76. The first-order valence-corrected chi connectivity index (χ1v) is 3.82. The SMILES string of the molecule is COc1ccc(OC)c(C=NO)c1F. The van der Waals surface area contributed by atoms with Crippen molar-refractivity contribution in [2.75, 3.05) is 14.2 Å². The first kappa shape index (κ1) is 10.3. The van der Waals surface area contributed by atoms with Gasteiger partial charge in [0, 0.05) is 0 Å². The van der Waals surface area contributed by atoms with Gasteiger partial charge in [0.25, 0.3) is 0 Å². The van der Waals surface area contributed by atoms with E-state index in [9.17, 15) is 4.39 Å². The van der Waals surface area contributed by atoms with Gasteiger partial charge in [-0.2, -0.15) is 0 Å². The lowest BCUT2D eigenvalue weighted by Crippen LogP contribution is -1.98. The minimum atomic E-state index is -0.621. The van der Waals surface area contributed by atoms with Gasteiger partial charge in [-0.1, -0.05) is 5.16 Å². The molecule has 0 saturated carbocycles. The van der Waals surface area contributed by atoms with Crippen molar-refractivity contribution >= 4 is 6.21 Å². The van der Waals surface area contributed by atoms with Crippen LogP contribution in [-0.4, -0.2) is 25.6 Å². The van der Waals surface area contributed by atoms with Crippen LogP contribution in [0.2, 0.25) is 0 Å². The van der Waals surface area contributed by atoms with Gasteiger partial charge in [-0.3, -0.25) is 0 Å². The zero-order chi connectivity index (χ0) is 10.6. The molecular formula is C9H10FNO3. The molecule has 5 heteroatoms. The van der Waals surface area contributed by atoms with Crippen LogP contribution in [0.1, 0.15) is 5.56 Å². The van der Waals surface area contributed by atoms with Gasteiger partial charge in [0.2, 0.25) is 0 Å². The standard InChI is InChI=1S/C9H10FNO3/c1-13-7-3-4-8(14-2)9(10)6(7)5-11-12/h3-5,12H,1-2H3. The van der Waals surface area contributed by atoms with Gasteiger partial charge in [-0.05, 0) is 12.1 Å². The van der Waals surface area contributed by atoms with E-state index in [1.165, 1.54) is 26.4 Å². The zero-order valence-electron chi connectivity index (χ0n) is 7.82. The van der Waals surface area contributed by atoms with Crippen molar-refractivity contribution in [2.24, 2.45) is 5.16 Å². The van der Waals surface area contributed by atoms with E-state index < -0.39 is 5.82 Å². The van der Waals surface area contributed by atoms with Crippen LogP contribution in [0.25, 0.3) is 0 Å². The Bertz CT molecular complexity index is 352. The molecule has 0 unspecified atom stereocenters. The molecule has 0 radical (unpaired) electrons. The number of nitrogens with zero attached hydrogens (tertiary/aromatic N) is 1. The molecule has 1 aromatic carbocycles. The Morgan fingerprint density at radius 1 is 1.29 bits per heavy atom. The molecule has 0 saturated heterocycles. The van der Waals surface area contributed by atoms with Gasteiger partial charge in [0.1, 0.15) is 5.75 Å². The lowest BCUT2D eigenvalue weighted by atomic mass is 10.2. The fraction of sp³-hybridized carbons (Fsp3) is 0.222. The Balaban J connectivity index is 3.31. The predicted octanol–water partition coefficient (Wildman–Crippen LogP) is 1.65. The molecule has 76 valence electrons. The Hall–Kier alpha value is -1.78. The highest BCUT2D eigenvalue weighted by Crippen LogP contribution is 2.27. The van der Waals surface area contributed by atoms with Gasteiger partial charge in [-0.15, -0.1) is 0 Å². The van der Waals surface area contributed by atoms with Gasteiger partial charge in [-0.25, -0.2) is 4.39 Å². The van der Waals surface area contributed by atoms with E-state index in [1.807, 2.05) is 0 Å². The normalized spacial score (nSPS) is 10.5. The molecule has 0 spiro atoms. The number of rotatable bonds is 3. The number of oxime groups is 1. The number of halogens is 1. The van der Waals surface area contributed by atoms with E-state index in [4.69, 9.17) is 14.7 Å². The van der Waals surface area contributed by atoms with Crippen molar-refractivity contribution in [2.45, 2.75) is 0 Å². The van der Waals surface area contributed by atoms with Crippen molar-refractivity contribution in [1.82, 2.24) is 0 Å². The first-order valence-electron chi connectivity index (χ1n) is 3.82. The van der Waals surface area contributed by atoms with E-state index in [-0.39, 0.29) is 17.1 Å². The van der Waals surface area contributed by atoms with Crippen LogP contribution < -0.4 is 9.47 Å². The summed E-state index contributed by atoms with van der Waals surface area (Å²) in [4.78, 5) is 0. The fourth-order valence-electron chi connectivity index (χ4n) is 1.07. The second-order valence-corrected chi connectivity index (χ2v) is 2.44. The van der Waals surface area contributed by atoms with Crippen LogP contribution >= 0.6 is 0 Å². The van der Waals surface area contributed by atoms with Gasteiger partial charge in [0.05, 0.1) is 26.0 Å². The summed E-state index contributed by atoms with van der Waals surface area (Å²) in [6.07, 6.45) is 0.955. The van der Waals surface area contributed by atoms with Crippen LogP contribution in [0.15, 0.2) is 17.3 Å². The molecule has 1 N–H and O–H groups in total. The second kappa shape index (κ2) is 4.45. The molecule has 0 amide bonds. The molecule has 0 fully saturated rings. The Morgan fingerprint density at radius 2 is 1.86 bits per heavy atom. The summed E-state index contributed by atoms with van der Waals surface area (Å²) in [6, 6.07) is 2.96. The summed E-state index contributed by atoms with van der Waals surface area (Å²) < 4.78 is 23.1. The van der Waals surface area contributed by atoms with E-state index in [2.05, 4.69) is 5.16 Å². The largest absolute Gasteiger partial charge is 0.496 e. The molecule has 0 aromatic heterocycles. The van der Waals surface area contributed by atoms with Crippen LogP contribution in [-0.2, 0) is 0 Å². The number of ether oxygens (including phenoxy) is 2. The molecule has 1 aromatic rings. The minimum Gasteiger partial charge on any atom is -0.496 e. The molecule has 0 bridgehead atoms. The maximum atomic E-state index is 13.5. The highest BCUT2D eigenvalue weighted by atomic mass is 19.1. The van der Waals surface area contributed by atoms with Crippen molar-refractivity contribution in [1.29, 1.82) is 0 Å². The maximum absolute atomic E-state index is 13.5. The van der Waals surface area contributed by atoms with Gasteiger partial charge >= 0.3 is 0 Å². The predicted molar refractivity (Wildman–Crippen MR) is 48.9 cm³/mol. The van der Waals surface area contributed by atoms with E-state index in [1.54, 1.807) is 0 Å². The average molecular weight is 199 g/mol. The van der Waals surface area contributed by atoms with Gasteiger partial charge in [0.15, 0.2) is 11.6 Å². The minimum absolute atomic E-state index is 0.0503. The summed E-state index contributed by atoms with van der Waals surface area (Å²) in [5.41, 5.74) is 0.0503. The molecule has 0 aliphatic carbocycles. The Morgan fingerprint density at radius 3 is 2.36 bits per heavy atom. The quantitative estimate of drug-likeness (QED) is 0.457. The molecule has 1 rings (SSSR count). The van der Waals surface area contributed by atoms with E-state index in [0.29, 0.717) is 0 Å². The number of hydrogen-bond acceptors (Lipinski definition) is 4. The summed E-state index contributed by atoms with van der Waals surface area (Å²) in [7, 11) is 2.75. The van der Waals surface area contributed by atoms with Crippen molar-refractivity contribution in [3.63, 3.8) is 0 Å². The molecular weight excluding hydrogens is 189 g/mol. The highest BCUT2D eigenvalue weighted by Gasteiger charge is 2.12. The average Bonchev–Trinajstić information content (AvgIpc) is 2.21. The molecule has 0 aliphatic rings. The second-order valence-electron chi connectivity index (χ2n) is 2.44. The van der Waals surface area contributed by atoms with Crippen LogP contribution in [0.3, 0.4) is 0 Å². The third-order valence-corrected chi connectivity index (χ3v) is 1.73. The summed E-state index contributed by atoms with van der Waals surface area (Å²) in [5, 5.41) is 11.1. The number of methoxy groups -OCH3 is 2. The van der Waals surface area contributed by atoms with Crippen LogP contribution in [0.5, 0.6) is 11.5 Å². The van der Waals surface area contributed by atoms with Crippen LogP contribution in [0.4, 0.5) is 4.39 Å². The topological polar surface area (TPSA) is 51.0 Å². The zero-order valence-corrected chi connectivity index (χ0v) is 7.82. The number of hydrogen-bond donors (Lipinski definition) is 1.